The van der Waals surface area contributed by atoms with Crippen LogP contribution in [0.15, 0.2) is 36.4 Å². The summed E-state index contributed by atoms with van der Waals surface area (Å²) in [6.45, 7) is 1.34. The number of halogens is 2. The molecule has 9 heteroatoms. The Labute approximate surface area is 182 Å². The van der Waals surface area contributed by atoms with Crippen molar-refractivity contribution < 1.29 is 23.0 Å². The van der Waals surface area contributed by atoms with E-state index in [1.54, 1.807) is 18.2 Å². The van der Waals surface area contributed by atoms with Crippen molar-refractivity contribution in [1.29, 1.82) is 0 Å². The van der Waals surface area contributed by atoms with Crippen LogP contribution in [-0.4, -0.2) is 49.8 Å². The molecule has 1 aliphatic heterocycles. The van der Waals surface area contributed by atoms with Crippen LogP contribution in [0.3, 0.4) is 0 Å². The first-order valence-electron chi connectivity index (χ1n) is 9.70. The first kappa shape index (κ1) is 21.2. The lowest BCUT2D eigenvalue weighted by Crippen LogP contribution is -2.32. The highest BCUT2D eigenvalue weighted by Gasteiger charge is 2.20. The molecule has 0 saturated heterocycles. The second-order valence-electron chi connectivity index (χ2n) is 7.32. The number of anilines is 1. The highest BCUT2D eigenvalue weighted by molar-refractivity contribution is 7.22. The summed E-state index contributed by atoms with van der Waals surface area (Å²) < 4.78 is 38.7. The molecule has 0 bridgehead atoms. The Hall–Kier alpha value is -3.04. The lowest BCUT2D eigenvalue weighted by molar-refractivity contribution is -0.114. The number of nitrogens with zero attached hydrogens (tertiary/aromatic N) is 3. The van der Waals surface area contributed by atoms with Crippen LogP contribution in [0.5, 0.6) is 11.5 Å². The molecule has 1 amide bonds. The number of carbonyl (C=O) groups excluding carboxylic acids is 1. The Morgan fingerprint density at radius 1 is 1.16 bits per heavy atom. The first-order valence-corrected chi connectivity index (χ1v) is 10.5. The second-order valence-corrected chi connectivity index (χ2v) is 8.33. The number of benzene rings is 2. The maximum absolute atomic E-state index is 14.1. The van der Waals surface area contributed by atoms with Crippen molar-refractivity contribution in [1.82, 2.24) is 9.88 Å². The number of hydrogen-bond donors (Lipinski definition) is 0. The lowest BCUT2D eigenvalue weighted by atomic mass is 10.2. The number of ether oxygens (including phenoxy) is 2. The Balaban J connectivity index is 1.59. The summed E-state index contributed by atoms with van der Waals surface area (Å²) in [7, 11) is 3.89. The molecule has 4 rings (SSSR count). The highest BCUT2D eigenvalue weighted by Crippen LogP contribution is 2.33. The molecule has 0 saturated carbocycles. The quantitative estimate of drug-likeness (QED) is 0.508. The van der Waals surface area contributed by atoms with E-state index in [2.05, 4.69) is 4.98 Å². The van der Waals surface area contributed by atoms with E-state index in [0.29, 0.717) is 34.3 Å². The molecule has 0 atom stereocenters. The van der Waals surface area contributed by atoms with Crippen molar-refractivity contribution in [2.24, 2.45) is 0 Å². The maximum Gasteiger partial charge on any atom is 0.252 e. The number of thiazole rings is 1. The summed E-state index contributed by atoms with van der Waals surface area (Å²) in [4.78, 5) is 20.8. The molecule has 31 heavy (non-hydrogen) atoms. The summed E-state index contributed by atoms with van der Waals surface area (Å²) in [6.07, 6.45) is 3.82. The number of rotatable bonds is 7. The predicted octanol–water partition coefficient (Wildman–Crippen LogP) is 4.30. The normalized spacial score (nSPS) is 12.9. The Bertz CT molecular complexity index is 1150. The van der Waals surface area contributed by atoms with Crippen LogP contribution in [0.2, 0.25) is 0 Å². The summed E-state index contributed by atoms with van der Waals surface area (Å²) in [5, 5.41) is 0.332. The molecule has 1 aromatic heterocycles. The van der Waals surface area contributed by atoms with Gasteiger partial charge in [-0.15, -0.1) is 0 Å². The fourth-order valence-corrected chi connectivity index (χ4v) is 4.22. The molecule has 0 spiro atoms. The van der Waals surface area contributed by atoms with Gasteiger partial charge in [0.2, 0.25) is 6.79 Å². The fraction of sp³-hybridized carbons (Fsp3) is 0.273. The van der Waals surface area contributed by atoms with Gasteiger partial charge in [-0.2, -0.15) is 0 Å². The topological polar surface area (TPSA) is 54.9 Å². The van der Waals surface area contributed by atoms with Gasteiger partial charge in [-0.25, -0.2) is 13.8 Å². The molecule has 2 heterocycles. The zero-order valence-electron chi connectivity index (χ0n) is 17.1. The predicted molar refractivity (Wildman–Crippen MR) is 117 cm³/mol. The van der Waals surface area contributed by atoms with Crippen LogP contribution in [0.1, 0.15) is 12.0 Å². The van der Waals surface area contributed by atoms with E-state index in [1.807, 2.05) is 25.1 Å². The fourth-order valence-electron chi connectivity index (χ4n) is 3.18. The number of aromatic nitrogens is 1. The first-order chi connectivity index (χ1) is 14.9. The third-order valence-electron chi connectivity index (χ3n) is 4.70. The zero-order chi connectivity index (χ0) is 22.0. The van der Waals surface area contributed by atoms with Gasteiger partial charge in [0.25, 0.3) is 5.91 Å². The van der Waals surface area contributed by atoms with Crippen LogP contribution in [0.4, 0.5) is 13.9 Å². The average molecular weight is 445 g/mol. The van der Waals surface area contributed by atoms with Crippen molar-refractivity contribution in [2.45, 2.75) is 6.42 Å². The van der Waals surface area contributed by atoms with Gasteiger partial charge in [0.05, 0.1) is 4.70 Å². The number of fused-ring (bicyclic) bond motifs is 2. The van der Waals surface area contributed by atoms with Gasteiger partial charge in [-0.3, -0.25) is 9.69 Å². The van der Waals surface area contributed by atoms with E-state index in [-0.39, 0.29) is 18.2 Å². The van der Waals surface area contributed by atoms with Crippen molar-refractivity contribution >= 4 is 38.7 Å². The molecule has 162 valence electrons. The Morgan fingerprint density at radius 3 is 2.77 bits per heavy atom. The summed E-state index contributed by atoms with van der Waals surface area (Å²) >= 11 is 1.09. The summed E-state index contributed by atoms with van der Waals surface area (Å²) in [6, 6.07) is 7.42. The number of amides is 1. The third-order valence-corrected chi connectivity index (χ3v) is 5.73. The van der Waals surface area contributed by atoms with Crippen molar-refractivity contribution in [3.63, 3.8) is 0 Å². The van der Waals surface area contributed by atoms with Gasteiger partial charge >= 0.3 is 0 Å². The Morgan fingerprint density at radius 2 is 1.97 bits per heavy atom. The van der Waals surface area contributed by atoms with E-state index >= 15 is 0 Å². The van der Waals surface area contributed by atoms with Crippen molar-refractivity contribution in [3.05, 3.63) is 53.6 Å². The molecule has 3 aromatic rings. The minimum absolute atomic E-state index is 0.0616. The summed E-state index contributed by atoms with van der Waals surface area (Å²) in [5.41, 5.74) is 0.842. The van der Waals surface area contributed by atoms with Crippen LogP contribution in [-0.2, 0) is 4.79 Å². The largest absolute Gasteiger partial charge is 0.454 e. The second kappa shape index (κ2) is 8.99. The van der Waals surface area contributed by atoms with Gasteiger partial charge in [0.1, 0.15) is 11.3 Å². The average Bonchev–Trinajstić information content (AvgIpc) is 3.35. The Kier molecular flexibility index (Phi) is 6.15. The molecule has 0 radical (unpaired) electrons. The minimum atomic E-state index is -0.742. The molecule has 0 N–H and O–H groups in total. The molecular weight excluding hydrogens is 424 g/mol. The standard InChI is InChI=1S/C22H21F2N3O3S/c1-26(2)8-3-9-27(22-25-21-16(24)11-15(23)12-19(21)31-22)20(28)7-5-14-4-6-17-18(10-14)30-13-29-17/h4-7,10-12H,3,8-9,13H2,1-2H3. The minimum Gasteiger partial charge on any atom is -0.454 e. The van der Waals surface area contributed by atoms with Crippen molar-refractivity contribution in [2.75, 3.05) is 38.9 Å². The molecule has 0 aliphatic carbocycles. The SMILES string of the molecule is CN(C)CCCN(C(=O)C=Cc1ccc2c(c1)OCO2)c1nc2c(F)cc(F)cc2s1. The van der Waals surface area contributed by atoms with Crippen LogP contribution < -0.4 is 14.4 Å². The van der Waals surface area contributed by atoms with E-state index in [1.165, 1.54) is 17.0 Å². The van der Waals surface area contributed by atoms with Gasteiger partial charge in [0.15, 0.2) is 22.4 Å². The lowest BCUT2D eigenvalue weighted by Gasteiger charge is -2.19. The van der Waals surface area contributed by atoms with Gasteiger partial charge in [0, 0.05) is 18.7 Å². The van der Waals surface area contributed by atoms with Crippen LogP contribution >= 0.6 is 11.3 Å². The molecule has 1 aliphatic rings. The van der Waals surface area contributed by atoms with Crippen LogP contribution in [0, 0.1) is 11.6 Å². The van der Waals surface area contributed by atoms with E-state index in [0.717, 1.165) is 29.5 Å². The van der Waals surface area contributed by atoms with Gasteiger partial charge < -0.3 is 14.4 Å². The zero-order valence-corrected chi connectivity index (χ0v) is 17.9. The van der Waals surface area contributed by atoms with E-state index in [9.17, 15) is 13.6 Å². The summed E-state index contributed by atoms with van der Waals surface area (Å²) in [5.74, 6) is -0.419. The molecule has 0 unspecified atom stereocenters. The van der Waals surface area contributed by atoms with Crippen LogP contribution in [0.25, 0.3) is 16.3 Å². The number of hydrogen-bond acceptors (Lipinski definition) is 6. The highest BCUT2D eigenvalue weighted by atomic mass is 32.1. The van der Waals surface area contributed by atoms with Gasteiger partial charge in [-0.05, 0) is 56.9 Å². The molecular formula is C22H21F2N3O3S. The monoisotopic (exact) mass is 445 g/mol. The smallest absolute Gasteiger partial charge is 0.252 e. The number of carbonyl (C=O) groups is 1. The van der Waals surface area contributed by atoms with Gasteiger partial charge in [-0.1, -0.05) is 17.4 Å². The van der Waals surface area contributed by atoms with Crippen molar-refractivity contribution in [3.8, 4) is 11.5 Å². The molecule has 0 fully saturated rings. The van der Waals surface area contributed by atoms with E-state index < -0.39 is 11.6 Å². The third kappa shape index (κ3) is 4.83. The maximum atomic E-state index is 14.1. The molecule has 6 nitrogen and oxygen atoms in total. The van der Waals surface area contributed by atoms with E-state index in [4.69, 9.17) is 9.47 Å². The molecule has 2 aromatic carbocycles.